The summed E-state index contributed by atoms with van der Waals surface area (Å²) >= 11 is 9.29. The molecule has 0 atom stereocenters. The molecule has 2 aromatic carbocycles. The summed E-state index contributed by atoms with van der Waals surface area (Å²) in [6, 6.07) is 10.2. The van der Waals surface area contributed by atoms with E-state index in [0.29, 0.717) is 11.5 Å². The molecule has 0 aliphatic heterocycles. The SMILES string of the molecule is Cc1ccc(Oc2ccc(C(=O)O)c(Cl)c2)c(Br)c1. The van der Waals surface area contributed by atoms with E-state index < -0.39 is 5.97 Å². The minimum Gasteiger partial charge on any atom is -0.478 e. The number of carboxylic acids is 1. The summed E-state index contributed by atoms with van der Waals surface area (Å²) in [5, 5.41) is 9.03. The Bertz CT molecular complexity index is 641. The van der Waals surface area contributed by atoms with Crippen molar-refractivity contribution in [1.29, 1.82) is 0 Å². The second-order valence-corrected chi connectivity index (χ2v) is 5.24. The van der Waals surface area contributed by atoms with Crippen LogP contribution in [0.3, 0.4) is 0 Å². The molecule has 0 fully saturated rings. The Morgan fingerprint density at radius 2 is 2.00 bits per heavy atom. The molecule has 2 rings (SSSR count). The van der Waals surface area contributed by atoms with Gasteiger partial charge >= 0.3 is 5.97 Å². The fraction of sp³-hybridized carbons (Fsp3) is 0.0714. The van der Waals surface area contributed by atoms with Crippen LogP contribution in [0.25, 0.3) is 0 Å². The lowest BCUT2D eigenvalue weighted by atomic mass is 10.2. The van der Waals surface area contributed by atoms with Gasteiger partial charge < -0.3 is 9.84 Å². The molecule has 0 saturated carbocycles. The van der Waals surface area contributed by atoms with Crippen LogP contribution in [0.15, 0.2) is 40.9 Å². The second kappa shape index (κ2) is 5.63. The van der Waals surface area contributed by atoms with Gasteiger partial charge in [0.05, 0.1) is 15.1 Å². The Morgan fingerprint density at radius 1 is 1.26 bits per heavy atom. The number of rotatable bonds is 3. The standard InChI is InChI=1S/C14H10BrClO3/c1-8-2-5-13(11(15)6-8)19-9-3-4-10(14(17)18)12(16)7-9/h2-7H,1H3,(H,17,18). The Hall–Kier alpha value is -1.52. The van der Waals surface area contributed by atoms with Gasteiger partial charge in [-0.05, 0) is 52.7 Å². The topological polar surface area (TPSA) is 46.5 Å². The lowest BCUT2D eigenvalue weighted by Gasteiger charge is -2.09. The molecular formula is C14H10BrClO3. The van der Waals surface area contributed by atoms with Crippen LogP contribution < -0.4 is 4.74 Å². The number of carbonyl (C=O) groups is 1. The van der Waals surface area contributed by atoms with E-state index in [1.54, 1.807) is 6.07 Å². The average molecular weight is 342 g/mol. The predicted octanol–water partition coefficient (Wildman–Crippen LogP) is 4.90. The summed E-state index contributed by atoms with van der Waals surface area (Å²) < 4.78 is 6.48. The van der Waals surface area contributed by atoms with E-state index in [1.165, 1.54) is 12.1 Å². The van der Waals surface area contributed by atoms with Crippen LogP contribution in [-0.4, -0.2) is 11.1 Å². The minimum absolute atomic E-state index is 0.0528. The molecule has 5 heteroatoms. The fourth-order valence-electron chi connectivity index (χ4n) is 1.55. The minimum atomic E-state index is -1.06. The maximum Gasteiger partial charge on any atom is 0.337 e. The molecule has 1 N–H and O–H groups in total. The predicted molar refractivity (Wildman–Crippen MR) is 77.4 cm³/mol. The van der Waals surface area contributed by atoms with Gasteiger partial charge in [-0.2, -0.15) is 0 Å². The van der Waals surface area contributed by atoms with Crippen molar-refractivity contribution in [3.05, 3.63) is 57.0 Å². The van der Waals surface area contributed by atoms with Gasteiger partial charge in [0.1, 0.15) is 11.5 Å². The van der Waals surface area contributed by atoms with Crippen molar-refractivity contribution in [2.45, 2.75) is 6.92 Å². The number of aryl methyl sites for hydroxylation is 1. The molecule has 0 heterocycles. The number of carboxylic acid groups (broad SMARTS) is 1. The first-order valence-corrected chi connectivity index (χ1v) is 6.61. The van der Waals surface area contributed by atoms with Crippen molar-refractivity contribution in [3.8, 4) is 11.5 Å². The maximum atomic E-state index is 10.9. The number of hydrogen-bond donors (Lipinski definition) is 1. The van der Waals surface area contributed by atoms with Crippen LogP contribution >= 0.6 is 27.5 Å². The van der Waals surface area contributed by atoms with E-state index in [0.717, 1.165) is 10.0 Å². The Labute approximate surface area is 123 Å². The van der Waals surface area contributed by atoms with Crippen molar-refractivity contribution in [2.75, 3.05) is 0 Å². The maximum absolute atomic E-state index is 10.9. The number of hydrogen-bond acceptors (Lipinski definition) is 2. The molecule has 0 saturated heterocycles. The first kappa shape index (κ1) is 13.9. The number of halogens is 2. The van der Waals surface area contributed by atoms with Gasteiger partial charge in [0.25, 0.3) is 0 Å². The van der Waals surface area contributed by atoms with Crippen LogP contribution in [0.1, 0.15) is 15.9 Å². The van der Waals surface area contributed by atoms with Gasteiger partial charge in [-0.25, -0.2) is 4.79 Å². The zero-order valence-corrected chi connectivity index (χ0v) is 12.3. The smallest absolute Gasteiger partial charge is 0.337 e. The van der Waals surface area contributed by atoms with Crippen molar-refractivity contribution in [2.24, 2.45) is 0 Å². The van der Waals surface area contributed by atoms with Gasteiger partial charge in [-0.1, -0.05) is 17.7 Å². The van der Waals surface area contributed by atoms with E-state index in [2.05, 4.69) is 15.9 Å². The third-order valence-corrected chi connectivity index (χ3v) is 3.42. The number of ether oxygens (including phenoxy) is 1. The third-order valence-electron chi connectivity index (χ3n) is 2.49. The highest BCUT2D eigenvalue weighted by Crippen LogP contribution is 2.32. The lowest BCUT2D eigenvalue weighted by Crippen LogP contribution is -1.97. The Morgan fingerprint density at radius 3 is 2.58 bits per heavy atom. The van der Waals surface area contributed by atoms with E-state index in [-0.39, 0.29) is 10.6 Å². The molecule has 19 heavy (non-hydrogen) atoms. The first-order chi connectivity index (χ1) is 8.97. The summed E-state index contributed by atoms with van der Waals surface area (Å²) in [5.41, 5.74) is 1.16. The monoisotopic (exact) mass is 340 g/mol. The summed E-state index contributed by atoms with van der Waals surface area (Å²) in [6.07, 6.45) is 0. The summed E-state index contributed by atoms with van der Waals surface area (Å²) in [4.78, 5) is 10.9. The first-order valence-electron chi connectivity index (χ1n) is 5.44. The Balaban J connectivity index is 2.29. The molecule has 0 amide bonds. The summed E-state index contributed by atoms with van der Waals surface area (Å²) in [7, 11) is 0. The van der Waals surface area contributed by atoms with Crippen LogP contribution in [-0.2, 0) is 0 Å². The van der Waals surface area contributed by atoms with Crippen LogP contribution in [0.5, 0.6) is 11.5 Å². The highest BCUT2D eigenvalue weighted by Gasteiger charge is 2.10. The van der Waals surface area contributed by atoms with Gasteiger partial charge in [-0.15, -0.1) is 0 Å². The van der Waals surface area contributed by atoms with Crippen molar-refractivity contribution < 1.29 is 14.6 Å². The Kier molecular flexibility index (Phi) is 4.12. The zero-order chi connectivity index (χ0) is 14.0. The lowest BCUT2D eigenvalue weighted by molar-refractivity contribution is 0.0697. The molecule has 0 radical (unpaired) electrons. The van der Waals surface area contributed by atoms with E-state index >= 15 is 0 Å². The third kappa shape index (κ3) is 3.28. The molecule has 0 aliphatic carbocycles. The van der Waals surface area contributed by atoms with Gasteiger partial charge in [0.2, 0.25) is 0 Å². The highest BCUT2D eigenvalue weighted by molar-refractivity contribution is 9.10. The van der Waals surface area contributed by atoms with Crippen LogP contribution in [0, 0.1) is 6.92 Å². The van der Waals surface area contributed by atoms with Gasteiger partial charge in [-0.3, -0.25) is 0 Å². The molecular weight excluding hydrogens is 332 g/mol. The van der Waals surface area contributed by atoms with Crippen molar-refractivity contribution >= 4 is 33.5 Å². The van der Waals surface area contributed by atoms with E-state index in [9.17, 15) is 4.79 Å². The van der Waals surface area contributed by atoms with Gasteiger partial charge in [0, 0.05) is 6.07 Å². The van der Waals surface area contributed by atoms with Crippen molar-refractivity contribution in [1.82, 2.24) is 0 Å². The largest absolute Gasteiger partial charge is 0.478 e. The quantitative estimate of drug-likeness (QED) is 0.863. The average Bonchev–Trinajstić information content (AvgIpc) is 2.32. The fourth-order valence-corrected chi connectivity index (χ4v) is 2.37. The van der Waals surface area contributed by atoms with Crippen molar-refractivity contribution in [3.63, 3.8) is 0 Å². The van der Waals surface area contributed by atoms with Gasteiger partial charge in [0.15, 0.2) is 0 Å². The molecule has 0 unspecified atom stereocenters. The summed E-state index contributed by atoms with van der Waals surface area (Å²) in [5.74, 6) is 0.0670. The molecule has 3 nitrogen and oxygen atoms in total. The molecule has 0 bridgehead atoms. The molecule has 98 valence electrons. The second-order valence-electron chi connectivity index (χ2n) is 3.98. The highest BCUT2D eigenvalue weighted by atomic mass is 79.9. The van der Waals surface area contributed by atoms with Crippen LogP contribution in [0.2, 0.25) is 5.02 Å². The molecule has 0 spiro atoms. The van der Waals surface area contributed by atoms with E-state index in [1.807, 2.05) is 25.1 Å². The number of aromatic carboxylic acids is 1. The summed E-state index contributed by atoms with van der Waals surface area (Å²) in [6.45, 7) is 1.98. The number of benzene rings is 2. The van der Waals surface area contributed by atoms with E-state index in [4.69, 9.17) is 21.4 Å². The zero-order valence-electron chi connectivity index (χ0n) is 9.98. The molecule has 2 aromatic rings. The molecule has 0 aliphatic rings. The normalized spacial score (nSPS) is 10.3. The van der Waals surface area contributed by atoms with Crippen LogP contribution in [0.4, 0.5) is 0 Å². The molecule has 0 aromatic heterocycles.